The number of pyridine rings is 1. The van der Waals surface area contributed by atoms with E-state index in [0.717, 1.165) is 18.3 Å². The van der Waals surface area contributed by atoms with Gasteiger partial charge in [-0.05, 0) is 35.9 Å². The molecule has 1 heterocycles. The van der Waals surface area contributed by atoms with Crippen LogP contribution in [0.4, 0.5) is 13.2 Å². The van der Waals surface area contributed by atoms with Crippen LogP contribution in [-0.4, -0.2) is 24.0 Å². The molecule has 0 aliphatic heterocycles. The number of rotatable bonds is 4. The highest BCUT2D eigenvalue weighted by molar-refractivity contribution is 5.76. The zero-order valence-electron chi connectivity index (χ0n) is 13.0. The molecule has 4 nitrogen and oxygen atoms in total. The van der Waals surface area contributed by atoms with Crippen molar-refractivity contribution in [1.29, 1.82) is 5.26 Å². The minimum atomic E-state index is -4.43. The molecule has 0 saturated heterocycles. The van der Waals surface area contributed by atoms with Crippen LogP contribution in [0.25, 0.3) is 5.57 Å². The number of benzene rings is 1. The molecule has 2 rings (SSSR count). The summed E-state index contributed by atoms with van der Waals surface area (Å²) in [6.07, 6.45) is -2.02. The van der Waals surface area contributed by atoms with Crippen molar-refractivity contribution in [1.82, 2.24) is 9.88 Å². The molecule has 0 saturated carbocycles. The van der Waals surface area contributed by atoms with Gasteiger partial charge in [-0.25, -0.2) is 4.98 Å². The Morgan fingerprint density at radius 1 is 1.17 bits per heavy atom. The first kappa shape index (κ1) is 17.3. The van der Waals surface area contributed by atoms with Crippen molar-refractivity contribution in [3.8, 4) is 17.7 Å². The van der Waals surface area contributed by atoms with Gasteiger partial charge in [0.15, 0.2) is 0 Å². The van der Waals surface area contributed by atoms with Gasteiger partial charge in [0, 0.05) is 32.6 Å². The van der Waals surface area contributed by atoms with Crippen LogP contribution in [0.15, 0.2) is 48.8 Å². The highest BCUT2D eigenvalue weighted by Crippen LogP contribution is 2.30. The van der Waals surface area contributed by atoms with Gasteiger partial charge < -0.3 is 9.64 Å². The Labute approximate surface area is 137 Å². The summed E-state index contributed by atoms with van der Waals surface area (Å²) in [6, 6.07) is 10.8. The van der Waals surface area contributed by atoms with E-state index in [1.807, 2.05) is 14.1 Å². The molecular weight excluding hydrogens is 319 g/mol. The fourth-order valence-electron chi connectivity index (χ4n) is 1.86. The van der Waals surface area contributed by atoms with Gasteiger partial charge in [0.1, 0.15) is 11.8 Å². The van der Waals surface area contributed by atoms with Gasteiger partial charge in [-0.3, -0.25) is 0 Å². The topological polar surface area (TPSA) is 49.2 Å². The van der Waals surface area contributed by atoms with Crippen LogP contribution in [-0.2, 0) is 6.18 Å². The fraction of sp³-hybridized carbons (Fsp3) is 0.176. The normalized spacial score (nSPS) is 11.8. The lowest BCUT2D eigenvalue weighted by molar-refractivity contribution is -0.137. The van der Waals surface area contributed by atoms with E-state index in [9.17, 15) is 13.2 Å². The lowest BCUT2D eigenvalue weighted by Gasteiger charge is -2.09. The number of nitriles is 1. The molecule has 1 aromatic heterocycles. The van der Waals surface area contributed by atoms with E-state index in [2.05, 4.69) is 11.1 Å². The first-order valence-corrected chi connectivity index (χ1v) is 6.89. The molecule has 0 aliphatic rings. The monoisotopic (exact) mass is 333 g/mol. The minimum absolute atomic E-state index is 0.0556. The Kier molecular flexibility index (Phi) is 5.09. The molecule has 7 heteroatoms. The summed E-state index contributed by atoms with van der Waals surface area (Å²) < 4.78 is 42.8. The molecule has 0 unspecified atom stereocenters. The van der Waals surface area contributed by atoms with Crippen LogP contribution in [0.5, 0.6) is 11.6 Å². The van der Waals surface area contributed by atoms with Crippen molar-refractivity contribution in [3.63, 3.8) is 0 Å². The van der Waals surface area contributed by atoms with E-state index in [-0.39, 0.29) is 5.88 Å². The summed E-state index contributed by atoms with van der Waals surface area (Å²) >= 11 is 0. The van der Waals surface area contributed by atoms with Crippen molar-refractivity contribution in [2.75, 3.05) is 14.1 Å². The lowest BCUT2D eigenvalue weighted by Crippen LogP contribution is -2.05. The molecule has 124 valence electrons. The predicted octanol–water partition coefficient (Wildman–Crippen LogP) is 4.32. The maximum Gasteiger partial charge on any atom is 0.417 e. The quantitative estimate of drug-likeness (QED) is 0.782. The third kappa shape index (κ3) is 4.49. The van der Waals surface area contributed by atoms with Gasteiger partial charge in [0.2, 0.25) is 5.88 Å². The van der Waals surface area contributed by atoms with Crippen LogP contribution in [0, 0.1) is 11.3 Å². The van der Waals surface area contributed by atoms with Gasteiger partial charge in [-0.15, -0.1) is 0 Å². The van der Waals surface area contributed by atoms with E-state index < -0.39 is 11.7 Å². The van der Waals surface area contributed by atoms with Crippen LogP contribution >= 0.6 is 0 Å². The Hall–Kier alpha value is -3.01. The van der Waals surface area contributed by atoms with Crippen LogP contribution in [0.3, 0.4) is 0 Å². The molecule has 24 heavy (non-hydrogen) atoms. The van der Waals surface area contributed by atoms with Crippen molar-refractivity contribution in [3.05, 3.63) is 59.9 Å². The average molecular weight is 333 g/mol. The molecule has 0 radical (unpaired) electrons. The largest absolute Gasteiger partial charge is 0.439 e. The number of alkyl halides is 3. The van der Waals surface area contributed by atoms with E-state index >= 15 is 0 Å². The molecule has 0 amide bonds. The maximum atomic E-state index is 12.5. The Morgan fingerprint density at radius 2 is 1.83 bits per heavy atom. The standard InChI is InChI=1S/C17H14F3N3O/c1-23(2)11-13(9-21)12-3-6-15(7-4-12)24-16-8-5-14(10-22-16)17(18,19)20/h3-8,10-11H,1-2H3/b13-11+. The third-order valence-electron chi connectivity index (χ3n) is 2.96. The summed E-state index contributed by atoms with van der Waals surface area (Å²) in [5.41, 5.74) is 0.357. The first-order valence-electron chi connectivity index (χ1n) is 6.89. The van der Waals surface area contributed by atoms with Crippen LogP contribution in [0.2, 0.25) is 0 Å². The zero-order chi connectivity index (χ0) is 17.7. The Morgan fingerprint density at radius 3 is 2.29 bits per heavy atom. The Balaban J connectivity index is 2.13. The maximum absolute atomic E-state index is 12.5. The lowest BCUT2D eigenvalue weighted by atomic mass is 10.1. The number of hydrogen-bond donors (Lipinski definition) is 0. The van der Waals surface area contributed by atoms with Gasteiger partial charge in [-0.1, -0.05) is 0 Å². The van der Waals surface area contributed by atoms with Gasteiger partial charge >= 0.3 is 6.18 Å². The molecule has 2 aromatic rings. The number of nitrogens with zero attached hydrogens (tertiary/aromatic N) is 3. The van der Waals surface area contributed by atoms with Crippen molar-refractivity contribution in [2.45, 2.75) is 6.18 Å². The highest BCUT2D eigenvalue weighted by Gasteiger charge is 2.30. The number of allylic oxidation sites excluding steroid dienone is 1. The second-order valence-corrected chi connectivity index (χ2v) is 5.13. The van der Waals surface area contributed by atoms with Crippen molar-refractivity contribution in [2.24, 2.45) is 0 Å². The summed E-state index contributed by atoms with van der Waals surface area (Å²) in [7, 11) is 3.62. The first-order chi connectivity index (χ1) is 11.3. The van der Waals surface area contributed by atoms with E-state index in [0.29, 0.717) is 16.9 Å². The smallest absolute Gasteiger partial charge is 0.417 e. The molecule has 0 aliphatic carbocycles. The second kappa shape index (κ2) is 7.04. The molecule has 0 spiro atoms. The predicted molar refractivity (Wildman–Crippen MR) is 83.0 cm³/mol. The molecular formula is C17H14F3N3O. The Bertz CT molecular complexity index is 758. The molecule has 0 N–H and O–H groups in total. The number of ether oxygens (including phenoxy) is 1. The average Bonchev–Trinajstić information content (AvgIpc) is 2.53. The minimum Gasteiger partial charge on any atom is -0.439 e. The fourth-order valence-corrected chi connectivity index (χ4v) is 1.86. The van der Waals surface area contributed by atoms with Gasteiger partial charge in [0.25, 0.3) is 0 Å². The summed E-state index contributed by atoms with van der Waals surface area (Å²) in [5.74, 6) is 0.466. The molecule has 0 fully saturated rings. The number of aromatic nitrogens is 1. The number of hydrogen-bond acceptors (Lipinski definition) is 4. The highest BCUT2D eigenvalue weighted by atomic mass is 19.4. The third-order valence-corrected chi connectivity index (χ3v) is 2.96. The van der Waals surface area contributed by atoms with E-state index in [1.165, 1.54) is 0 Å². The molecule has 1 aromatic carbocycles. The second-order valence-electron chi connectivity index (χ2n) is 5.13. The SMILES string of the molecule is CN(C)/C=C(\C#N)c1ccc(Oc2ccc(C(F)(F)F)cn2)cc1. The zero-order valence-corrected chi connectivity index (χ0v) is 13.0. The summed E-state index contributed by atoms with van der Waals surface area (Å²) in [4.78, 5) is 5.40. The van der Waals surface area contributed by atoms with E-state index in [1.54, 1.807) is 35.4 Å². The van der Waals surface area contributed by atoms with Gasteiger partial charge in [0.05, 0.1) is 11.1 Å². The summed E-state index contributed by atoms with van der Waals surface area (Å²) in [5, 5.41) is 9.15. The number of halogens is 3. The van der Waals surface area contributed by atoms with Crippen LogP contribution in [0.1, 0.15) is 11.1 Å². The van der Waals surface area contributed by atoms with Crippen molar-refractivity contribution >= 4 is 5.57 Å². The summed E-state index contributed by atoms with van der Waals surface area (Å²) in [6.45, 7) is 0. The van der Waals surface area contributed by atoms with Gasteiger partial charge in [-0.2, -0.15) is 18.4 Å². The van der Waals surface area contributed by atoms with Crippen LogP contribution < -0.4 is 4.74 Å². The van der Waals surface area contributed by atoms with E-state index in [4.69, 9.17) is 10.00 Å². The molecule has 0 bridgehead atoms. The molecule has 0 atom stereocenters. The van der Waals surface area contributed by atoms with Crippen molar-refractivity contribution < 1.29 is 17.9 Å².